The van der Waals surface area contributed by atoms with E-state index < -0.39 is 11.1 Å². The molecule has 1 aromatic heterocycles. The Labute approximate surface area is 67.2 Å². The molecule has 0 atom stereocenters. The summed E-state index contributed by atoms with van der Waals surface area (Å²) < 4.78 is 24.6. The van der Waals surface area contributed by atoms with Crippen LogP contribution in [0.4, 0.5) is 8.78 Å². The van der Waals surface area contributed by atoms with Crippen molar-refractivity contribution >= 4 is 11.6 Å². The second kappa shape index (κ2) is 2.70. The Bertz CT molecular complexity index is 259. The molecule has 0 saturated heterocycles. The molecular formula is C6H4ClF2N2. The van der Waals surface area contributed by atoms with Crippen molar-refractivity contribution in [3.05, 3.63) is 23.8 Å². The molecule has 0 aliphatic rings. The Kier molecular flexibility index (Phi) is 2.04. The second-order valence-corrected chi connectivity index (χ2v) is 2.38. The fraction of sp³-hybridized carbons (Fsp3) is 0.333. The summed E-state index contributed by atoms with van der Waals surface area (Å²) >= 11 is 4.68. The van der Waals surface area contributed by atoms with Gasteiger partial charge in [0.2, 0.25) is 0 Å². The van der Waals surface area contributed by atoms with Crippen LogP contribution in [0.25, 0.3) is 0 Å². The Morgan fingerprint density at radius 2 is 2.27 bits per heavy atom. The minimum atomic E-state index is -3.45. The van der Waals surface area contributed by atoms with E-state index in [9.17, 15) is 8.78 Å². The summed E-state index contributed by atoms with van der Waals surface area (Å²) in [6.07, 6.45) is 1.12. The van der Waals surface area contributed by atoms with E-state index in [-0.39, 0.29) is 5.82 Å². The Morgan fingerprint density at radius 3 is 2.64 bits per heavy atom. The molecule has 0 aromatic carbocycles. The molecule has 1 aromatic rings. The first-order valence-corrected chi connectivity index (χ1v) is 3.16. The van der Waals surface area contributed by atoms with E-state index in [1.165, 1.54) is 6.92 Å². The average Bonchev–Trinajstić information content (AvgIpc) is 1.86. The summed E-state index contributed by atoms with van der Waals surface area (Å²) in [5.41, 5.74) is -0.591. The van der Waals surface area contributed by atoms with Gasteiger partial charge < -0.3 is 0 Å². The fourth-order valence-corrected chi connectivity index (χ4v) is 0.652. The molecular weight excluding hydrogens is 174 g/mol. The molecule has 5 heteroatoms. The van der Waals surface area contributed by atoms with Gasteiger partial charge in [-0.05, 0) is 18.5 Å². The minimum Gasteiger partial charge on any atom is -0.241 e. The molecule has 0 N–H and O–H groups in total. The number of aryl methyl sites for hydroxylation is 1. The second-order valence-electron chi connectivity index (χ2n) is 1.91. The molecule has 0 saturated carbocycles. The number of aromatic nitrogens is 2. The van der Waals surface area contributed by atoms with Crippen LogP contribution < -0.4 is 0 Å². The zero-order valence-electron chi connectivity index (χ0n) is 5.61. The monoisotopic (exact) mass is 177 g/mol. The quantitative estimate of drug-likeness (QED) is 0.612. The molecule has 2 nitrogen and oxygen atoms in total. The van der Waals surface area contributed by atoms with Crippen LogP contribution in [0.2, 0.25) is 0 Å². The number of hydrogen-bond acceptors (Lipinski definition) is 2. The lowest BCUT2D eigenvalue weighted by Crippen LogP contribution is -2.07. The predicted octanol–water partition coefficient (Wildman–Crippen LogP) is 1.87. The first-order valence-electron chi connectivity index (χ1n) is 2.78. The SMILES string of the molecule is Cc1nc[c]c(C(F)(F)Cl)n1. The largest absolute Gasteiger partial charge is 0.365 e. The summed E-state index contributed by atoms with van der Waals surface area (Å²) in [6.45, 7) is 1.50. The van der Waals surface area contributed by atoms with Gasteiger partial charge in [-0.15, -0.1) is 0 Å². The number of alkyl halides is 3. The van der Waals surface area contributed by atoms with Gasteiger partial charge in [0.15, 0.2) is 0 Å². The molecule has 1 rings (SSSR count). The van der Waals surface area contributed by atoms with Crippen molar-refractivity contribution in [3.63, 3.8) is 0 Å². The predicted molar refractivity (Wildman–Crippen MR) is 35.4 cm³/mol. The Hall–Kier alpha value is -0.770. The topological polar surface area (TPSA) is 25.8 Å². The van der Waals surface area contributed by atoms with Crippen molar-refractivity contribution in [1.82, 2.24) is 9.97 Å². The van der Waals surface area contributed by atoms with E-state index in [1.54, 1.807) is 0 Å². The first kappa shape index (κ1) is 8.33. The highest BCUT2D eigenvalue weighted by Gasteiger charge is 2.29. The third kappa shape index (κ3) is 2.08. The maximum absolute atomic E-state index is 12.3. The third-order valence-electron chi connectivity index (χ3n) is 0.995. The van der Waals surface area contributed by atoms with Crippen LogP contribution in [0.5, 0.6) is 0 Å². The van der Waals surface area contributed by atoms with Crippen molar-refractivity contribution in [1.29, 1.82) is 0 Å². The van der Waals surface area contributed by atoms with Crippen LogP contribution in [0.15, 0.2) is 6.20 Å². The third-order valence-corrected chi connectivity index (χ3v) is 1.17. The molecule has 11 heavy (non-hydrogen) atoms. The molecule has 1 heterocycles. The molecule has 0 bridgehead atoms. The van der Waals surface area contributed by atoms with E-state index >= 15 is 0 Å². The van der Waals surface area contributed by atoms with Gasteiger partial charge >= 0.3 is 5.38 Å². The van der Waals surface area contributed by atoms with Crippen molar-refractivity contribution in [2.24, 2.45) is 0 Å². The van der Waals surface area contributed by atoms with E-state index in [4.69, 9.17) is 0 Å². The lowest BCUT2D eigenvalue weighted by Gasteiger charge is -2.05. The summed E-state index contributed by atoms with van der Waals surface area (Å²) in [4.78, 5) is 6.99. The highest BCUT2D eigenvalue weighted by atomic mass is 35.5. The number of hydrogen-bond donors (Lipinski definition) is 0. The molecule has 0 spiro atoms. The highest BCUT2D eigenvalue weighted by molar-refractivity contribution is 6.21. The zero-order chi connectivity index (χ0) is 8.48. The van der Waals surface area contributed by atoms with E-state index in [0.717, 1.165) is 6.20 Å². The number of halogens is 3. The summed E-state index contributed by atoms with van der Waals surface area (Å²) in [6, 6.07) is 2.14. The van der Waals surface area contributed by atoms with Gasteiger partial charge in [-0.25, -0.2) is 9.97 Å². The molecule has 0 fully saturated rings. The lowest BCUT2D eigenvalue weighted by atomic mass is 10.4. The molecule has 0 aliphatic heterocycles. The van der Waals surface area contributed by atoms with Crippen LogP contribution in [0.3, 0.4) is 0 Å². The number of rotatable bonds is 1. The molecule has 1 radical (unpaired) electrons. The molecule has 59 valence electrons. The fourth-order valence-electron chi connectivity index (χ4n) is 0.555. The van der Waals surface area contributed by atoms with Crippen LogP contribution in [-0.2, 0) is 5.38 Å². The van der Waals surface area contributed by atoms with Crippen molar-refractivity contribution in [3.8, 4) is 0 Å². The van der Waals surface area contributed by atoms with Gasteiger partial charge in [0.1, 0.15) is 11.5 Å². The minimum absolute atomic E-state index is 0.249. The van der Waals surface area contributed by atoms with Gasteiger partial charge in [-0.3, -0.25) is 0 Å². The van der Waals surface area contributed by atoms with Crippen LogP contribution in [-0.4, -0.2) is 9.97 Å². The van der Waals surface area contributed by atoms with E-state index in [0.29, 0.717) is 0 Å². The number of nitrogens with zero attached hydrogens (tertiary/aromatic N) is 2. The summed E-state index contributed by atoms with van der Waals surface area (Å²) in [5.74, 6) is 0.249. The maximum atomic E-state index is 12.3. The Morgan fingerprint density at radius 1 is 1.64 bits per heavy atom. The van der Waals surface area contributed by atoms with Gasteiger partial charge in [-0.1, -0.05) is 0 Å². The normalized spacial score (nSPS) is 11.6. The standard InChI is InChI=1S/C6H4ClF2N2/c1-4-10-3-2-5(11-4)6(7,8)9/h3H,1H3. The average molecular weight is 178 g/mol. The zero-order valence-corrected chi connectivity index (χ0v) is 6.36. The maximum Gasteiger partial charge on any atom is 0.365 e. The van der Waals surface area contributed by atoms with Gasteiger partial charge in [-0.2, -0.15) is 8.78 Å². The van der Waals surface area contributed by atoms with Crippen LogP contribution >= 0.6 is 11.6 Å². The van der Waals surface area contributed by atoms with Gasteiger partial charge in [0, 0.05) is 12.3 Å². The Balaban J connectivity index is 3.06. The lowest BCUT2D eigenvalue weighted by molar-refractivity contribution is 0.0892. The van der Waals surface area contributed by atoms with Gasteiger partial charge in [0.05, 0.1) is 0 Å². The van der Waals surface area contributed by atoms with E-state index in [1.807, 2.05) is 0 Å². The smallest absolute Gasteiger partial charge is 0.241 e. The van der Waals surface area contributed by atoms with Crippen molar-refractivity contribution < 1.29 is 8.78 Å². The molecule has 0 amide bonds. The first-order chi connectivity index (χ1) is 5.00. The summed E-state index contributed by atoms with van der Waals surface area (Å²) in [7, 11) is 0. The van der Waals surface area contributed by atoms with Crippen molar-refractivity contribution in [2.45, 2.75) is 12.3 Å². The van der Waals surface area contributed by atoms with Gasteiger partial charge in [0.25, 0.3) is 0 Å². The van der Waals surface area contributed by atoms with Crippen molar-refractivity contribution in [2.75, 3.05) is 0 Å². The summed E-state index contributed by atoms with van der Waals surface area (Å²) in [5, 5.41) is -3.45. The highest BCUT2D eigenvalue weighted by Crippen LogP contribution is 2.29. The molecule has 0 unspecified atom stereocenters. The van der Waals surface area contributed by atoms with Crippen LogP contribution in [0.1, 0.15) is 11.5 Å². The van der Waals surface area contributed by atoms with Crippen LogP contribution in [0, 0.1) is 13.0 Å². The van der Waals surface area contributed by atoms with E-state index in [2.05, 4.69) is 27.6 Å². The molecule has 0 aliphatic carbocycles.